The number of aliphatic hydroxyl groups is 1. The Morgan fingerprint density at radius 3 is 0.714 bits per heavy atom. The summed E-state index contributed by atoms with van der Waals surface area (Å²) in [4.78, 5) is 24.6. The van der Waals surface area contributed by atoms with Crippen LogP contribution >= 0.6 is 0 Å². The molecule has 0 aromatic rings. The Morgan fingerprint density at radius 2 is 0.476 bits per heavy atom. The second kappa shape index (κ2) is 71.5. The third-order valence-electron chi connectivity index (χ3n) is 13.3. The smallest absolute Gasteiger partial charge is 0.306 e. The van der Waals surface area contributed by atoms with Gasteiger partial charge in [-0.25, -0.2) is 0 Å². The minimum absolute atomic E-state index is 0.0911. The van der Waals surface area contributed by atoms with E-state index in [2.05, 4.69) is 233 Å². The summed E-state index contributed by atoms with van der Waals surface area (Å²) in [6, 6.07) is 0. The molecular formula is C79H120O5. The van der Waals surface area contributed by atoms with Crippen molar-refractivity contribution in [2.45, 2.75) is 251 Å². The maximum absolute atomic E-state index is 12.4. The highest BCUT2D eigenvalue weighted by Crippen LogP contribution is 2.13. The topological polar surface area (TPSA) is 72.8 Å². The van der Waals surface area contributed by atoms with E-state index >= 15 is 0 Å². The van der Waals surface area contributed by atoms with Crippen molar-refractivity contribution in [2.24, 2.45) is 0 Å². The molecule has 0 aromatic heterocycles. The van der Waals surface area contributed by atoms with Gasteiger partial charge in [0.1, 0.15) is 6.61 Å². The van der Waals surface area contributed by atoms with E-state index < -0.39 is 6.10 Å². The van der Waals surface area contributed by atoms with Crippen molar-refractivity contribution in [3.05, 3.63) is 219 Å². The summed E-state index contributed by atoms with van der Waals surface area (Å²) in [7, 11) is 0. The first-order valence-corrected chi connectivity index (χ1v) is 33.3. The van der Waals surface area contributed by atoms with Crippen LogP contribution in [0.5, 0.6) is 0 Å². The fourth-order valence-electron chi connectivity index (χ4n) is 8.36. The first-order chi connectivity index (χ1) is 41.6. The van der Waals surface area contributed by atoms with Gasteiger partial charge in [-0.3, -0.25) is 9.59 Å². The molecule has 0 amide bonds. The molecule has 1 N–H and O–H groups in total. The summed E-state index contributed by atoms with van der Waals surface area (Å²) in [6.07, 6.45) is 116. The van der Waals surface area contributed by atoms with E-state index in [9.17, 15) is 14.7 Å². The van der Waals surface area contributed by atoms with Gasteiger partial charge in [0.15, 0.2) is 6.10 Å². The summed E-state index contributed by atoms with van der Waals surface area (Å²) < 4.78 is 10.7. The third-order valence-corrected chi connectivity index (χ3v) is 13.3. The summed E-state index contributed by atoms with van der Waals surface area (Å²) in [5.41, 5.74) is 0. The highest BCUT2D eigenvalue weighted by molar-refractivity contribution is 5.70. The van der Waals surface area contributed by atoms with Crippen molar-refractivity contribution in [1.29, 1.82) is 0 Å². The zero-order valence-corrected chi connectivity index (χ0v) is 53.3. The van der Waals surface area contributed by atoms with Crippen LogP contribution in [0, 0.1) is 0 Å². The van der Waals surface area contributed by atoms with Crippen LogP contribution in [0.3, 0.4) is 0 Å². The number of ether oxygens (including phenoxy) is 2. The molecule has 0 saturated heterocycles. The minimum atomic E-state index is -0.802. The Kier molecular flexibility index (Phi) is 66.6. The van der Waals surface area contributed by atoms with Crippen LogP contribution in [0.1, 0.15) is 245 Å². The number of hydrogen-bond acceptors (Lipinski definition) is 5. The number of rotatable bonds is 58. The summed E-state index contributed by atoms with van der Waals surface area (Å²) in [5, 5.41) is 9.69. The van der Waals surface area contributed by atoms with Crippen molar-refractivity contribution in [3.63, 3.8) is 0 Å². The van der Waals surface area contributed by atoms with E-state index in [0.717, 1.165) is 167 Å². The first kappa shape index (κ1) is 78.2. The van der Waals surface area contributed by atoms with Crippen LogP contribution in [-0.2, 0) is 19.1 Å². The molecule has 0 radical (unpaired) electrons. The van der Waals surface area contributed by atoms with Gasteiger partial charge >= 0.3 is 11.9 Å². The Morgan fingerprint density at radius 1 is 0.274 bits per heavy atom. The number of aliphatic hydroxyl groups excluding tert-OH is 1. The first-order valence-electron chi connectivity index (χ1n) is 33.3. The van der Waals surface area contributed by atoms with E-state index in [4.69, 9.17) is 9.47 Å². The maximum Gasteiger partial charge on any atom is 0.306 e. The molecule has 1 atom stereocenters. The van der Waals surface area contributed by atoms with Crippen molar-refractivity contribution in [2.75, 3.05) is 13.2 Å². The molecule has 0 spiro atoms. The van der Waals surface area contributed by atoms with Crippen molar-refractivity contribution >= 4 is 11.9 Å². The number of allylic oxidation sites excluding steroid dienone is 36. The standard InChI is InChI=1S/C79H120O5/c1-3-5-7-9-11-13-15-17-19-21-23-25-27-29-31-33-34-35-36-37-38-39-40-41-42-43-44-46-48-50-52-54-56-58-60-62-64-66-68-70-72-74-79(82)84-77(75-80)76-83-78(81)73-71-69-67-65-63-61-59-57-55-53-51-49-47-45-32-30-28-26-24-22-20-18-16-14-12-10-8-6-4-2/h5-8,11-14,17-20,23-26,29-32,34-35,37-38,40-41,43-44,47-50,53-56,77,80H,3-4,9-10,15-16,21-22,27-28,33,36,39,42,45-46,51-52,57-76H2,1-2H3/b7-5-,8-6-,13-11-,14-12-,19-17-,20-18-,25-23-,26-24-,31-29-,32-30-,35-34-,38-37-,41-40-,44-43-,49-47-,50-48-,55-53-,56-54-. The predicted octanol–water partition coefficient (Wildman–Crippen LogP) is 23.5. The Balaban J connectivity index is 3.66. The highest BCUT2D eigenvalue weighted by Gasteiger charge is 2.16. The molecule has 0 fully saturated rings. The maximum atomic E-state index is 12.4. The van der Waals surface area contributed by atoms with Gasteiger partial charge in [-0.05, 0) is 154 Å². The van der Waals surface area contributed by atoms with Crippen molar-refractivity contribution in [1.82, 2.24) is 0 Å². The van der Waals surface area contributed by atoms with Gasteiger partial charge < -0.3 is 14.6 Å². The Hall–Kier alpha value is -5.78. The zero-order valence-electron chi connectivity index (χ0n) is 53.3. The molecule has 5 nitrogen and oxygen atoms in total. The van der Waals surface area contributed by atoms with Crippen LogP contribution in [-0.4, -0.2) is 36.4 Å². The van der Waals surface area contributed by atoms with E-state index in [0.29, 0.717) is 12.8 Å². The van der Waals surface area contributed by atoms with Crippen LogP contribution in [0.2, 0.25) is 0 Å². The lowest BCUT2D eigenvalue weighted by Crippen LogP contribution is -2.28. The molecule has 0 heterocycles. The molecule has 0 aliphatic heterocycles. The number of carbonyl (C=O) groups is 2. The van der Waals surface area contributed by atoms with Gasteiger partial charge in [0.2, 0.25) is 0 Å². The van der Waals surface area contributed by atoms with E-state index in [1.54, 1.807) is 0 Å². The largest absolute Gasteiger partial charge is 0.462 e. The molecule has 84 heavy (non-hydrogen) atoms. The zero-order chi connectivity index (χ0) is 60.5. The SMILES string of the molecule is CC/C=C\C/C=C\C/C=C\C/C=C\C/C=C\C/C=C\C/C=C\C/C=C\C/C=C\C/C=C\C/C=C\CCCCCCCCCC(=O)OC(CO)COC(=O)CCCCCCCCC/C=C\C/C=C\C/C=C\C/C=C\C/C=C\C/C=C\C/C=C\CC. The number of unbranched alkanes of at least 4 members (excludes halogenated alkanes) is 14. The predicted molar refractivity (Wildman–Crippen MR) is 370 cm³/mol. The van der Waals surface area contributed by atoms with Crippen molar-refractivity contribution < 1.29 is 24.2 Å². The highest BCUT2D eigenvalue weighted by atomic mass is 16.6. The molecule has 0 aromatic carbocycles. The number of hydrogen-bond donors (Lipinski definition) is 1. The lowest BCUT2D eigenvalue weighted by atomic mass is 10.1. The average molecular weight is 1150 g/mol. The molecular weight excluding hydrogens is 1030 g/mol. The summed E-state index contributed by atoms with van der Waals surface area (Å²) >= 11 is 0. The van der Waals surface area contributed by atoms with E-state index in [1.165, 1.54) is 51.4 Å². The average Bonchev–Trinajstić information content (AvgIpc) is 3.51. The van der Waals surface area contributed by atoms with E-state index in [1.807, 2.05) is 0 Å². The van der Waals surface area contributed by atoms with Gasteiger partial charge in [-0.1, -0.05) is 297 Å². The summed E-state index contributed by atoms with van der Waals surface area (Å²) in [5.74, 6) is -0.632. The quantitative estimate of drug-likeness (QED) is 0.0373. The van der Waals surface area contributed by atoms with Crippen LogP contribution in [0.25, 0.3) is 0 Å². The molecule has 0 rings (SSSR count). The fourth-order valence-corrected chi connectivity index (χ4v) is 8.36. The lowest BCUT2D eigenvalue weighted by molar-refractivity contribution is -0.161. The lowest BCUT2D eigenvalue weighted by Gasteiger charge is -2.15. The molecule has 0 saturated carbocycles. The fraction of sp³-hybridized carbons (Fsp3) is 0.519. The van der Waals surface area contributed by atoms with Crippen LogP contribution in [0.4, 0.5) is 0 Å². The molecule has 5 heteroatoms. The van der Waals surface area contributed by atoms with Gasteiger partial charge in [0.25, 0.3) is 0 Å². The second-order valence-corrected chi connectivity index (χ2v) is 21.1. The van der Waals surface area contributed by atoms with Crippen LogP contribution in [0.15, 0.2) is 219 Å². The number of esters is 2. The Labute approximate surface area is 516 Å². The molecule has 0 aliphatic rings. The second-order valence-electron chi connectivity index (χ2n) is 21.1. The number of carbonyl (C=O) groups excluding carboxylic acids is 2. The molecule has 0 aliphatic carbocycles. The normalized spacial score (nSPS) is 13.7. The summed E-state index contributed by atoms with van der Waals surface area (Å²) in [6.45, 7) is 3.88. The van der Waals surface area contributed by atoms with Gasteiger partial charge in [-0.15, -0.1) is 0 Å². The third kappa shape index (κ3) is 68.7. The van der Waals surface area contributed by atoms with Gasteiger partial charge in [0.05, 0.1) is 6.61 Å². The van der Waals surface area contributed by atoms with Gasteiger partial charge in [-0.2, -0.15) is 0 Å². The minimum Gasteiger partial charge on any atom is -0.462 e. The van der Waals surface area contributed by atoms with Crippen LogP contribution < -0.4 is 0 Å². The molecule has 1 unspecified atom stereocenters. The molecule has 0 bridgehead atoms. The molecule has 466 valence electrons. The van der Waals surface area contributed by atoms with E-state index in [-0.39, 0.29) is 25.2 Å². The van der Waals surface area contributed by atoms with Gasteiger partial charge in [0, 0.05) is 12.8 Å². The monoisotopic (exact) mass is 1150 g/mol. The van der Waals surface area contributed by atoms with Crippen molar-refractivity contribution in [3.8, 4) is 0 Å². The Bertz CT molecular complexity index is 2030.